The first-order valence-corrected chi connectivity index (χ1v) is 7.93. The summed E-state index contributed by atoms with van der Waals surface area (Å²) in [6.45, 7) is 5.65. The fourth-order valence-electron chi connectivity index (χ4n) is 2.49. The van der Waals surface area contributed by atoms with Gasteiger partial charge in [-0.15, -0.1) is 12.4 Å². The lowest BCUT2D eigenvalue weighted by Gasteiger charge is -2.22. The van der Waals surface area contributed by atoms with Gasteiger partial charge in [0.1, 0.15) is 12.1 Å². The molecule has 2 unspecified atom stereocenters. The van der Waals surface area contributed by atoms with Crippen molar-refractivity contribution in [2.24, 2.45) is 0 Å². The average molecular weight is 369 g/mol. The Balaban J connectivity index is 0.00000312. The Labute approximate surface area is 153 Å². The van der Waals surface area contributed by atoms with E-state index in [4.69, 9.17) is 0 Å². The van der Waals surface area contributed by atoms with E-state index in [2.05, 4.69) is 16.0 Å². The minimum Gasteiger partial charge on any atom is -0.353 e. The molecule has 25 heavy (non-hydrogen) atoms. The van der Waals surface area contributed by atoms with Crippen molar-refractivity contribution in [3.63, 3.8) is 0 Å². The lowest BCUT2D eigenvalue weighted by molar-refractivity contribution is -0.134. The molecule has 1 aromatic carbocycles. The summed E-state index contributed by atoms with van der Waals surface area (Å²) >= 11 is 0. The molecule has 0 aromatic heterocycles. The lowest BCUT2D eigenvalue weighted by Crippen LogP contribution is -2.45. The van der Waals surface area contributed by atoms with Crippen LogP contribution in [0.3, 0.4) is 0 Å². The highest BCUT2D eigenvalue weighted by Gasteiger charge is 2.49. The summed E-state index contributed by atoms with van der Waals surface area (Å²) in [5.41, 5.74) is 0.607. The average Bonchev–Trinajstić information content (AvgIpc) is 2.77. The zero-order valence-corrected chi connectivity index (χ0v) is 15.7. The molecule has 3 N–H and O–H groups in total. The number of aryl methyl sites for hydroxylation is 1. The molecule has 2 atom stereocenters. The first-order valence-electron chi connectivity index (χ1n) is 7.93. The van der Waals surface area contributed by atoms with E-state index in [-0.39, 0.29) is 30.9 Å². The number of halogens is 1. The monoisotopic (exact) mass is 368 g/mol. The Morgan fingerprint density at radius 2 is 1.88 bits per heavy atom. The van der Waals surface area contributed by atoms with Gasteiger partial charge in [-0.2, -0.15) is 0 Å². The summed E-state index contributed by atoms with van der Waals surface area (Å²) in [7, 11) is 1.79. The zero-order chi connectivity index (χ0) is 17.9. The lowest BCUT2D eigenvalue weighted by atomic mass is 9.91. The van der Waals surface area contributed by atoms with Crippen molar-refractivity contribution >= 4 is 30.3 Å². The van der Waals surface area contributed by atoms with Gasteiger partial charge in [0.25, 0.3) is 5.91 Å². The van der Waals surface area contributed by atoms with Crippen LogP contribution in [0.5, 0.6) is 0 Å². The molecule has 1 heterocycles. The molecule has 0 saturated carbocycles. The highest BCUT2D eigenvalue weighted by molar-refractivity contribution is 6.09. The van der Waals surface area contributed by atoms with Crippen LogP contribution in [0.15, 0.2) is 24.3 Å². The molecule has 4 amide bonds. The number of carbonyl (C=O) groups excluding carboxylic acids is 3. The van der Waals surface area contributed by atoms with Gasteiger partial charge >= 0.3 is 6.03 Å². The molecule has 1 aliphatic heterocycles. The van der Waals surface area contributed by atoms with Crippen LogP contribution in [0.2, 0.25) is 0 Å². The summed E-state index contributed by atoms with van der Waals surface area (Å²) in [6.07, 6.45) is 0. The molecule has 2 rings (SSSR count). The van der Waals surface area contributed by atoms with Crippen molar-refractivity contribution in [3.8, 4) is 0 Å². The van der Waals surface area contributed by atoms with Gasteiger partial charge in [-0.1, -0.05) is 29.8 Å². The number of likely N-dealkylation sites (N-methyl/N-ethyl adjacent to an activating group) is 1. The molecule has 7 nitrogen and oxygen atoms in total. The SMILES string of the molecule is CNC(C)CNC(=O)CN1C(=O)NC(C)(c2ccc(C)cc2)C1=O.Cl. The molecule has 0 radical (unpaired) electrons. The van der Waals surface area contributed by atoms with Gasteiger partial charge in [0.15, 0.2) is 0 Å². The number of hydrogen-bond donors (Lipinski definition) is 3. The Hall–Kier alpha value is -2.12. The molecule has 1 fully saturated rings. The number of nitrogens with one attached hydrogen (secondary N) is 3. The number of benzene rings is 1. The molecule has 138 valence electrons. The van der Waals surface area contributed by atoms with Crippen LogP contribution in [0.4, 0.5) is 4.79 Å². The van der Waals surface area contributed by atoms with Gasteiger partial charge in [-0.05, 0) is 33.4 Å². The van der Waals surface area contributed by atoms with Gasteiger partial charge in [0, 0.05) is 12.6 Å². The van der Waals surface area contributed by atoms with Crippen molar-refractivity contribution in [2.45, 2.75) is 32.4 Å². The second-order valence-electron chi connectivity index (χ2n) is 6.31. The number of hydrogen-bond acceptors (Lipinski definition) is 4. The van der Waals surface area contributed by atoms with Crippen LogP contribution in [0.1, 0.15) is 25.0 Å². The van der Waals surface area contributed by atoms with Crippen LogP contribution in [-0.4, -0.2) is 48.9 Å². The van der Waals surface area contributed by atoms with E-state index in [1.807, 2.05) is 38.1 Å². The molecule has 1 saturated heterocycles. The quantitative estimate of drug-likeness (QED) is 0.651. The van der Waals surface area contributed by atoms with E-state index >= 15 is 0 Å². The fraction of sp³-hybridized carbons (Fsp3) is 0.471. The van der Waals surface area contributed by atoms with Crippen LogP contribution in [0, 0.1) is 6.92 Å². The third-order valence-electron chi connectivity index (χ3n) is 4.30. The molecular formula is C17H25ClN4O3. The van der Waals surface area contributed by atoms with Gasteiger partial charge in [0.2, 0.25) is 5.91 Å². The third kappa shape index (κ3) is 4.49. The maximum Gasteiger partial charge on any atom is 0.325 e. The van der Waals surface area contributed by atoms with E-state index in [0.717, 1.165) is 10.5 Å². The topological polar surface area (TPSA) is 90.5 Å². The minimum absolute atomic E-state index is 0. The van der Waals surface area contributed by atoms with E-state index in [0.29, 0.717) is 12.1 Å². The van der Waals surface area contributed by atoms with Crippen molar-refractivity contribution < 1.29 is 14.4 Å². The highest BCUT2D eigenvalue weighted by Crippen LogP contribution is 2.28. The van der Waals surface area contributed by atoms with Crippen LogP contribution < -0.4 is 16.0 Å². The largest absolute Gasteiger partial charge is 0.353 e. The fourth-order valence-corrected chi connectivity index (χ4v) is 2.49. The number of nitrogens with zero attached hydrogens (tertiary/aromatic N) is 1. The number of amides is 4. The van der Waals surface area contributed by atoms with Crippen LogP contribution in [0.25, 0.3) is 0 Å². The van der Waals surface area contributed by atoms with Crippen LogP contribution >= 0.6 is 12.4 Å². The number of carbonyl (C=O) groups is 3. The first kappa shape index (κ1) is 20.9. The number of imide groups is 1. The Bertz CT molecular complexity index is 650. The minimum atomic E-state index is -1.15. The van der Waals surface area contributed by atoms with Crippen LogP contribution in [-0.2, 0) is 15.1 Å². The summed E-state index contributed by atoms with van der Waals surface area (Å²) < 4.78 is 0. The molecule has 1 aromatic rings. The highest BCUT2D eigenvalue weighted by atomic mass is 35.5. The van der Waals surface area contributed by atoms with Gasteiger partial charge < -0.3 is 16.0 Å². The number of rotatable bonds is 6. The Morgan fingerprint density at radius 3 is 2.44 bits per heavy atom. The predicted octanol–water partition coefficient (Wildman–Crippen LogP) is 0.908. The van der Waals surface area contributed by atoms with Gasteiger partial charge in [0.05, 0.1) is 0 Å². The standard InChI is InChI=1S/C17H24N4O3.ClH/c1-11-5-7-13(8-6-11)17(3)15(23)21(16(24)20-17)10-14(22)19-9-12(2)18-4;/h5-8,12,18H,9-10H2,1-4H3,(H,19,22)(H,20,24);1H. The smallest absolute Gasteiger partial charge is 0.325 e. The second-order valence-corrected chi connectivity index (χ2v) is 6.31. The number of urea groups is 1. The second kappa shape index (κ2) is 8.31. The first-order chi connectivity index (χ1) is 11.3. The predicted molar refractivity (Wildman–Crippen MR) is 97.6 cm³/mol. The van der Waals surface area contributed by atoms with Crippen molar-refractivity contribution in [3.05, 3.63) is 35.4 Å². The van der Waals surface area contributed by atoms with E-state index in [1.54, 1.807) is 14.0 Å². The zero-order valence-electron chi connectivity index (χ0n) is 14.9. The van der Waals surface area contributed by atoms with Gasteiger partial charge in [-0.3, -0.25) is 14.5 Å². The summed E-state index contributed by atoms with van der Waals surface area (Å²) in [6, 6.07) is 6.94. The molecule has 0 bridgehead atoms. The van der Waals surface area contributed by atoms with Crippen molar-refractivity contribution in [2.75, 3.05) is 20.1 Å². The summed E-state index contributed by atoms with van der Waals surface area (Å²) in [5, 5.41) is 8.39. The molecule has 8 heteroatoms. The molecule has 0 spiro atoms. The molecule has 0 aliphatic carbocycles. The summed E-state index contributed by atoms with van der Waals surface area (Å²) in [4.78, 5) is 37.8. The normalized spacial score (nSPS) is 20.7. The maximum atomic E-state index is 12.7. The van der Waals surface area contributed by atoms with E-state index in [9.17, 15) is 14.4 Å². The molecule has 1 aliphatic rings. The molecular weight excluding hydrogens is 344 g/mol. The van der Waals surface area contributed by atoms with E-state index in [1.165, 1.54) is 0 Å². The van der Waals surface area contributed by atoms with Crippen molar-refractivity contribution in [1.29, 1.82) is 0 Å². The Morgan fingerprint density at radius 1 is 1.28 bits per heavy atom. The third-order valence-corrected chi connectivity index (χ3v) is 4.30. The van der Waals surface area contributed by atoms with Crippen molar-refractivity contribution in [1.82, 2.24) is 20.9 Å². The maximum absolute atomic E-state index is 12.7. The van der Waals surface area contributed by atoms with E-state index < -0.39 is 17.5 Å². The van der Waals surface area contributed by atoms with Gasteiger partial charge in [-0.25, -0.2) is 4.79 Å². The Kier molecular flexibility index (Phi) is 6.96. The summed E-state index contributed by atoms with van der Waals surface area (Å²) in [5.74, 6) is -0.790.